The summed E-state index contributed by atoms with van der Waals surface area (Å²) in [5.41, 5.74) is 1.39. The molecule has 64 valence electrons. The second-order valence-corrected chi connectivity index (χ2v) is 2.79. The summed E-state index contributed by atoms with van der Waals surface area (Å²) in [4.78, 5) is 15.0. The van der Waals surface area contributed by atoms with Crippen molar-refractivity contribution in [2.75, 3.05) is 7.05 Å². The fourth-order valence-electron chi connectivity index (χ4n) is 0.894. The molecule has 0 spiro atoms. The van der Waals surface area contributed by atoms with E-state index in [1.165, 1.54) is 6.20 Å². The van der Waals surface area contributed by atoms with Crippen LogP contribution in [0.3, 0.4) is 0 Å². The molecule has 1 N–H and O–H groups in total. The monoisotopic (exact) mass is 184 g/mol. The van der Waals surface area contributed by atoms with Gasteiger partial charge in [-0.25, -0.2) is 4.98 Å². The Kier molecular flexibility index (Phi) is 2.65. The van der Waals surface area contributed by atoms with Crippen molar-refractivity contribution in [2.45, 2.75) is 6.92 Å². The van der Waals surface area contributed by atoms with Crippen molar-refractivity contribution in [1.29, 1.82) is 0 Å². The molecule has 0 aliphatic heterocycles. The Morgan fingerprint density at radius 3 is 2.83 bits per heavy atom. The number of carbonyl (C=O) groups is 1. The van der Waals surface area contributed by atoms with E-state index in [-0.39, 0.29) is 5.91 Å². The van der Waals surface area contributed by atoms with E-state index in [1.54, 1.807) is 13.1 Å². The smallest absolute Gasteiger partial charge is 0.252 e. The lowest BCUT2D eigenvalue weighted by Crippen LogP contribution is -2.19. The third-order valence-corrected chi connectivity index (χ3v) is 1.76. The molecule has 12 heavy (non-hydrogen) atoms. The van der Waals surface area contributed by atoms with Crippen LogP contribution in [0.15, 0.2) is 12.3 Å². The zero-order valence-corrected chi connectivity index (χ0v) is 7.64. The second kappa shape index (κ2) is 3.54. The highest BCUT2D eigenvalue weighted by molar-refractivity contribution is 6.29. The molecule has 1 amide bonds. The molecule has 0 bridgehead atoms. The van der Waals surface area contributed by atoms with E-state index >= 15 is 0 Å². The number of aromatic nitrogens is 1. The molecule has 1 rings (SSSR count). The molecule has 0 aliphatic rings. The van der Waals surface area contributed by atoms with Gasteiger partial charge < -0.3 is 5.32 Å². The van der Waals surface area contributed by atoms with Gasteiger partial charge in [-0.1, -0.05) is 11.6 Å². The van der Waals surface area contributed by atoms with Crippen LogP contribution in [0.25, 0.3) is 0 Å². The highest BCUT2D eigenvalue weighted by atomic mass is 35.5. The number of halogens is 1. The van der Waals surface area contributed by atoms with Crippen molar-refractivity contribution in [3.8, 4) is 0 Å². The molecule has 0 radical (unpaired) electrons. The third-order valence-electron chi connectivity index (χ3n) is 1.55. The van der Waals surface area contributed by atoms with E-state index in [9.17, 15) is 4.79 Å². The number of rotatable bonds is 1. The molecule has 0 aromatic carbocycles. The van der Waals surface area contributed by atoms with Gasteiger partial charge in [-0.15, -0.1) is 0 Å². The summed E-state index contributed by atoms with van der Waals surface area (Å²) in [5.74, 6) is -0.142. The molecule has 0 aliphatic carbocycles. The van der Waals surface area contributed by atoms with E-state index in [1.807, 2.05) is 6.92 Å². The first kappa shape index (κ1) is 9.00. The number of hydrogen-bond donors (Lipinski definition) is 1. The molecule has 0 fully saturated rings. The zero-order chi connectivity index (χ0) is 9.14. The fourth-order valence-corrected chi connectivity index (χ4v) is 1.11. The Bertz CT molecular complexity index is 312. The third kappa shape index (κ3) is 1.74. The summed E-state index contributed by atoms with van der Waals surface area (Å²) >= 11 is 5.62. The largest absolute Gasteiger partial charge is 0.355 e. The Hall–Kier alpha value is -1.09. The molecule has 1 aromatic heterocycles. The molecule has 0 saturated heterocycles. The minimum atomic E-state index is -0.142. The van der Waals surface area contributed by atoms with Crippen molar-refractivity contribution in [1.82, 2.24) is 10.3 Å². The van der Waals surface area contributed by atoms with Crippen molar-refractivity contribution in [2.24, 2.45) is 0 Å². The lowest BCUT2D eigenvalue weighted by molar-refractivity contribution is 0.0962. The van der Waals surface area contributed by atoms with E-state index in [0.717, 1.165) is 5.56 Å². The summed E-state index contributed by atoms with van der Waals surface area (Å²) in [6.07, 6.45) is 1.47. The highest BCUT2D eigenvalue weighted by Crippen LogP contribution is 2.11. The lowest BCUT2D eigenvalue weighted by Gasteiger charge is -2.02. The number of aryl methyl sites for hydroxylation is 1. The summed E-state index contributed by atoms with van der Waals surface area (Å²) in [6, 6.07) is 1.66. The van der Waals surface area contributed by atoms with E-state index < -0.39 is 0 Å². The van der Waals surface area contributed by atoms with Gasteiger partial charge in [0.05, 0.1) is 5.56 Å². The maximum absolute atomic E-state index is 11.2. The molecular weight excluding hydrogens is 176 g/mol. The minimum Gasteiger partial charge on any atom is -0.355 e. The van der Waals surface area contributed by atoms with Crippen molar-refractivity contribution in [3.05, 3.63) is 28.5 Å². The Morgan fingerprint density at radius 1 is 1.67 bits per heavy atom. The number of pyridine rings is 1. The molecule has 0 unspecified atom stereocenters. The van der Waals surface area contributed by atoms with Crippen LogP contribution in [0.4, 0.5) is 0 Å². The first-order valence-electron chi connectivity index (χ1n) is 3.49. The van der Waals surface area contributed by atoms with Gasteiger partial charge >= 0.3 is 0 Å². The molecular formula is C8H9ClN2O. The molecule has 1 heterocycles. The van der Waals surface area contributed by atoms with Crippen LogP contribution in [0.1, 0.15) is 15.9 Å². The van der Waals surface area contributed by atoms with Gasteiger partial charge in [-0.2, -0.15) is 0 Å². The van der Waals surface area contributed by atoms with Crippen LogP contribution in [0, 0.1) is 6.92 Å². The predicted octanol–water partition coefficient (Wildman–Crippen LogP) is 1.40. The fraction of sp³-hybridized carbons (Fsp3) is 0.250. The van der Waals surface area contributed by atoms with Crippen LogP contribution in [0.5, 0.6) is 0 Å². The van der Waals surface area contributed by atoms with Gasteiger partial charge in [0.25, 0.3) is 5.91 Å². The quantitative estimate of drug-likeness (QED) is 0.671. The van der Waals surface area contributed by atoms with Crippen LogP contribution >= 0.6 is 11.6 Å². The van der Waals surface area contributed by atoms with E-state index in [2.05, 4.69) is 10.3 Å². The minimum absolute atomic E-state index is 0.142. The van der Waals surface area contributed by atoms with E-state index in [0.29, 0.717) is 10.7 Å². The van der Waals surface area contributed by atoms with Gasteiger partial charge in [-0.05, 0) is 18.6 Å². The summed E-state index contributed by atoms with van der Waals surface area (Å²) in [7, 11) is 1.58. The average Bonchev–Trinajstić information content (AvgIpc) is 2.03. The summed E-state index contributed by atoms with van der Waals surface area (Å²) in [5, 5.41) is 2.92. The van der Waals surface area contributed by atoms with Gasteiger partial charge in [0.1, 0.15) is 5.15 Å². The number of hydrogen-bond acceptors (Lipinski definition) is 2. The zero-order valence-electron chi connectivity index (χ0n) is 6.89. The van der Waals surface area contributed by atoms with Crippen molar-refractivity contribution in [3.63, 3.8) is 0 Å². The predicted molar refractivity (Wildman–Crippen MR) is 47.4 cm³/mol. The van der Waals surface area contributed by atoms with Crippen molar-refractivity contribution >= 4 is 17.5 Å². The molecule has 3 nitrogen and oxygen atoms in total. The first-order valence-corrected chi connectivity index (χ1v) is 3.87. The number of nitrogens with zero attached hydrogens (tertiary/aromatic N) is 1. The molecule has 0 atom stereocenters. The molecule has 4 heteroatoms. The first-order chi connectivity index (χ1) is 5.65. The topological polar surface area (TPSA) is 42.0 Å². The van der Waals surface area contributed by atoms with Crippen LogP contribution in [0.2, 0.25) is 5.15 Å². The van der Waals surface area contributed by atoms with Crippen molar-refractivity contribution < 1.29 is 4.79 Å². The summed E-state index contributed by atoms with van der Waals surface area (Å²) in [6.45, 7) is 1.82. The SMILES string of the molecule is CNC(=O)c1cnc(Cl)cc1C. The van der Waals surface area contributed by atoms with Gasteiger partial charge in [0, 0.05) is 13.2 Å². The van der Waals surface area contributed by atoms with Crippen LogP contribution in [-0.4, -0.2) is 17.9 Å². The molecule has 0 saturated carbocycles. The number of amides is 1. The number of nitrogens with one attached hydrogen (secondary N) is 1. The standard InChI is InChI=1S/C8H9ClN2O/c1-5-3-7(9)11-4-6(5)8(12)10-2/h3-4H,1-2H3,(H,10,12). The molecule has 1 aromatic rings. The van der Waals surface area contributed by atoms with Gasteiger partial charge in [0.15, 0.2) is 0 Å². The van der Waals surface area contributed by atoms with Crippen LogP contribution in [-0.2, 0) is 0 Å². The van der Waals surface area contributed by atoms with E-state index in [4.69, 9.17) is 11.6 Å². The Labute approximate surface area is 75.8 Å². The number of carbonyl (C=O) groups excluding carboxylic acids is 1. The Morgan fingerprint density at radius 2 is 2.33 bits per heavy atom. The van der Waals surface area contributed by atoms with Crippen LogP contribution < -0.4 is 5.32 Å². The maximum Gasteiger partial charge on any atom is 0.252 e. The normalized spacial score (nSPS) is 9.58. The van der Waals surface area contributed by atoms with Gasteiger partial charge in [0.2, 0.25) is 0 Å². The maximum atomic E-state index is 11.2. The van der Waals surface area contributed by atoms with Gasteiger partial charge in [-0.3, -0.25) is 4.79 Å². The summed E-state index contributed by atoms with van der Waals surface area (Å²) < 4.78 is 0. The average molecular weight is 185 g/mol. The lowest BCUT2D eigenvalue weighted by atomic mass is 10.1. The highest BCUT2D eigenvalue weighted by Gasteiger charge is 2.06. The second-order valence-electron chi connectivity index (χ2n) is 2.40. The Balaban J connectivity index is 3.09.